The number of anilines is 1. The summed E-state index contributed by atoms with van der Waals surface area (Å²) in [5.74, 6) is -0.838. The van der Waals surface area contributed by atoms with Crippen molar-refractivity contribution in [1.29, 1.82) is 0 Å². The van der Waals surface area contributed by atoms with Crippen LogP contribution in [0.25, 0.3) is 0 Å². The van der Waals surface area contributed by atoms with Gasteiger partial charge in [0, 0.05) is 39.0 Å². The van der Waals surface area contributed by atoms with Crippen LogP contribution in [-0.2, 0) is 26.0 Å². The van der Waals surface area contributed by atoms with Crippen LogP contribution in [-0.4, -0.2) is 87.7 Å². The molecule has 3 rings (SSSR count). The van der Waals surface area contributed by atoms with Crippen molar-refractivity contribution in [2.24, 2.45) is 0 Å². The number of aliphatic hydroxyl groups is 1. The summed E-state index contributed by atoms with van der Waals surface area (Å²) in [4.78, 5) is 15.1. The van der Waals surface area contributed by atoms with E-state index in [0.29, 0.717) is 38.2 Å². The Labute approximate surface area is 232 Å². The predicted molar refractivity (Wildman–Crippen MR) is 148 cm³/mol. The second-order valence-corrected chi connectivity index (χ2v) is 11.5. The molecule has 1 amide bonds. The van der Waals surface area contributed by atoms with Gasteiger partial charge in [0.25, 0.3) is 0 Å². The van der Waals surface area contributed by atoms with E-state index >= 15 is 0 Å². The van der Waals surface area contributed by atoms with Crippen LogP contribution in [0, 0.1) is 5.82 Å². The number of aryl methyl sites for hydroxylation is 1. The number of piperidine rings is 1. The van der Waals surface area contributed by atoms with Gasteiger partial charge in [-0.25, -0.2) is 12.8 Å². The highest BCUT2D eigenvalue weighted by molar-refractivity contribution is 7.91. The summed E-state index contributed by atoms with van der Waals surface area (Å²) >= 11 is 0. The molecule has 2 aliphatic heterocycles. The molecule has 0 spiro atoms. The Bertz CT molecular complexity index is 958. The average molecular weight is 588 g/mol. The van der Waals surface area contributed by atoms with Gasteiger partial charge in [-0.15, -0.1) is 24.8 Å². The zero-order chi connectivity index (χ0) is 25.5. The molecule has 1 unspecified atom stereocenters. The monoisotopic (exact) mass is 586 g/mol. The Kier molecular flexibility index (Phi) is 14.1. The summed E-state index contributed by atoms with van der Waals surface area (Å²) in [6, 6.07) is 5.26. The van der Waals surface area contributed by atoms with E-state index in [9.17, 15) is 22.7 Å². The Hall–Kier alpha value is -1.21. The number of benzene rings is 1. The third-order valence-electron chi connectivity index (χ3n) is 7.06. The predicted octanol–water partition coefficient (Wildman–Crippen LogP) is 2.06. The first-order chi connectivity index (χ1) is 16.7. The van der Waals surface area contributed by atoms with Crippen LogP contribution in [0.4, 0.5) is 10.1 Å². The normalized spacial score (nSPS) is 18.9. The van der Waals surface area contributed by atoms with E-state index in [1.165, 1.54) is 17.5 Å². The second kappa shape index (κ2) is 15.4. The van der Waals surface area contributed by atoms with E-state index in [4.69, 9.17) is 4.74 Å². The van der Waals surface area contributed by atoms with Gasteiger partial charge < -0.3 is 25.4 Å². The van der Waals surface area contributed by atoms with Crippen molar-refractivity contribution in [2.45, 2.75) is 56.5 Å². The molecule has 2 heterocycles. The van der Waals surface area contributed by atoms with Gasteiger partial charge in [0.2, 0.25) is 15.9 Å². The van der Waals surface area contributed by atoms with Gasteiger partial charge in [0.05, 0.1) is 6.54 Å². The number of carbonyl (C=O) groups excluding carboxylic acids is 1. The first-order valence-electron chi connectivity index (χ1n) is 12.5. The molecule has 2 saturated heterocycles. The Morgan fingerprint density at radius 3 is 2.41 bits per heavy atom. The Morgan fingerprint density at radius 1 is 1.19 bits per heavy atom. The maximum atomic E-state index is 14.6. The number of piperazine rings is 1. The summed E-state index contributed by atoms with van der Waals surface area (Å²) in [5, 5.41) is 15.3. The molecule has 37 heavy (non-hydrogen) atoms. The molecular formula is C24H41Cl2FN4O5S. The van der Waals surface area contributed by atoms with E-state index in [1.807, 2.05) is 17.0 Å². The van der Waals surface area contributed by atoms with Crippen LogP contribution in [0.1, 0.15) is 44.6 Å². The van der Waals surface area contributed by atoms with Gasteiger partial charge in [-0.2, -0.15) is 4.31 Å². The fraction of sp³-hybridized carbons (Fsp3) is 0.708. The molecule has 0 bridgehead atoms. The standard InChI is InChI=1S/C24H39FN4O5S.2ClH/c1-3-4-5-6-19-7-8-20(17-21(19)25)28-13-15-29(16-14-28)35(32,33)24(9-11-26-12-10-24)23(31)27-18-22(30)34-2;;/h7-8,17,22,26,30H,3-6,9-16,18H2,1-2H3,(H,27,31);2*1H. The number of unbranched alkanes of at least 4 members (excludes halogenated alkanes) is 2. The van der Waals surface area contributed by atoms with Crippen LogP contribution in [0.3, 0.4) is 0 Å². The van der Waals surface area contributed by atoms with Gasteiger partial charge >= 0.3 is 0 Å². The van der Waals surface area contributed by atoms with Gasteiger partial charge in [0.1, 0.15) is 5.82 Å². The molecule has 1 atom stereocenters. The maximum Gasteiger partial charge on any atom is 0.243 e. The van der Waals surface area contributed by atoms with Crippen molar-refractivity contribution in [3.8, 4) is 0 Å². The van der Waals surface area contributed by atoms with E-state index in [-0.39, 0.29) is 63.1 Å². The highest BCUT2D eigenvalue weighted by Gasteiger charge is 2.54. The van der Waals surface area contributed by atoms with E-state index in [1.54, 1.807) is 0 Å². The van der Waals surface area contributed by atoms with Crippen LogP contribution < -0.4 is 15.5 Å². The summed E-state index contributed by atoms with van der Waals surface area (Å²) in [5.41, 5.74) is 1.45. The van der Waals surface area contributed by atoms with Crippen molar-refractivity contribution in [2.75, 3.05) is 57.8 Å². The molecule has 214 valence electrons. The highest BCUT2D eigenvalue weighted by atomic mass is 35.5. The fourth-order valence-electron chi connectivity index (χ4n) is 4.79. The number of hydrogen-bond donors (Lipinski definition) is 3. The van der Waals surface area contributed by atoms with Crippen molar-refractivity contribution in [3.05, 3.63) is 29.6 Å². The quantitative estimate of drug-likeness (QED) is 0.269. The first kappa shape index (κ1) is 33.8. The third kappa shape index (κ3) is 7.90. The summed E-state index contributed by atoms with van der Waals surface area (Å²) in [6.07, 6.45) is 2.92. The van der Waals surface area contributed by atoms with E-state index in [0.717, 1.165) is 24.9 Å². The molecule has 0 aliphatic carbocycles. The zero-order valence-corrected chi connectivity index (χ0v) is 24.0. The van der Waals surface area contributed by atoms with E-state index in [2.05, 4.69) is 17.6 Å². The number of sulfonamides is 1. The molecule has 0 radical (unpaired) electrons. The molecule has 0 saturated carbocycles. The summed E-state index contributed by atoms with van der Waals surface area (Å²) < 4.78 is 46.7. The lowest BCUT2D eigenvalue weighted by atomic mass is 9.96. The third-order valence-corrected chi connectivity index (χ3v) is 9.68. The number of nitrogens with zero attached hydrogens (tertiary/aromatic N) is 2. The fourth-order valence-corrected chi connectivity index (χ4v) is 6.96. The van der Waals surface area contributed by atoms with E-state index < -0.39 is 27.0 Å². The number of aliphatic hydroxyl groups excluding tert-OH is 1. The Morgan fingerprint density at radius 2 is 1.84 bits per heavy atom. The molecule has 3 N–H and O–H groups in total. The topological polar surface area (TPSA) is 111 Å². The molecular weight excluding hydrogens is 546 g/mol. The average Bonchev–Trinajstić information content (AvgIpc) is 2.88. The first-order valence-corrected chi connectivity index (χ1v) is 13.9. The van der Waals surface area contributed by atoms with Gasteiger partial charge in [-0.05, 0) is 56.5 Å². The van der Waals surface area contributed by atoms with Crippen LogP contribution >= 0.6 is 24.8 Å². The molecule has 2 aliphatic rings. The van der Waals surface area contributed by atoms with Crippen molar-refractivity contribution in [1.82, 2.24) is 14.9 Å². The number of nitrogens with one attached hydrogen (secondary N) is 2. The Balaban J connectivity index is 0.00000342. The molecule has 1 aromatic carbocycles. The minimum atomic E-state index is -3.98. The number of amides is 1. The number of rotatable bonds is 11. The van der Waals surface area contributed by atoms with Crippen molar-refractivity contribution >= 4 is 46.4 Å². The molecule has 0 aromatic heterocycles. The number of methoxy groups -OCH3 is 1. The number of hydrogen-bond acceptors (Lipinski definition) is 7. The lowest BCUT2D eigenvalue weighted by Crippen LogP contribution is -2.64. The SMILES string of the molecule is CCCCCc1ccc(N2CCN(S(=O)(=O)C3(C(=O)NCC(O)OC)CCNCC3)CC2)cc1F.Cl.Cl. The lowest BCUT2D eigenvalue weighted by molar-refractivity contribution is -0.128. The maximum absolute atomic E-state index is 14.6. The molecule has 1 aromatic rings. The number of carbonyl (C=O) groups is 1. The summed E-state index contributed by atoms with van der Waals surface area (Å²) in [6.45, 7) is 3.99. The van der Waals surface area contributed by atoms with Crippen LogP contribution in [0.5, 0.6) is 0 Å². The van der Waals surface area contributed by atoms with Crippen LogP contribution in [0.15, 0.2) is 18.2 Å². The van der Waals surface area contributed by atoms with Crippen molar-refractivity contribution < 1.29 is 27.4 Å². The van der Waals surface area contributed by atoms with Gasteiger partial charge in [0.15, 0.2) is 11.0 Å². The molecule has 2 fully saturated rings. The second-order valence-electron chi connectivity index (χ2n) is 9.27. The smallest absolute Gasteiger partial charge is 0.243 e. The van der Waals surface area contributed by atoms with Crippen LogP contribution in [0.2, 0.25) is 0 Å². The zero-order valence-electron chi connectivity index (χ0n) is 21.6. The summed E-state index contributed by atoms with van der Waals surface area (Å²) in [7, 11) is -2.67. The lowest BCUT2D eigenvalue weighted by Gasteiger charge is -2.42. The minimum Gasteiger partial charge on any atom is -0.369 e. The minimum absolute atomic E-state index is 0. The molecule has 9 nitrogen and oxygen atoms in total. The van der Waals surface area contributed by atoms with Gasteiger partial charge in [-0.1, -0.05) is 25.8 Å². The number of ether oxygens (including phenoxy) is 1. The van der Waals surface area contributed by atoms with Crippen molar-refractivity contribution in [3.63, 3.8) is 0 Å². The van der Waals surface area contributed by atoms with Gasteiger partial charge in [-0.3, -0.25) is 4.79 Å². The molecule has 13 heteroatoms. The largest absolute Gasteiger partial charge is 0.369 e. The number of halogens is 3. The highest BCUT2D eigenvalue weighted by Crippen LogP contribution is 2.33.